The molecule has 0 fully saturated rings. The molecule has 0 bridgehead atoms. The van der Waals surface area contributed by atoms with Crippen LogP contribution in [-0.2, 0) is 4.74 Å². The number of benzene rings is 1. The smallest absolute Gasteiger partial charge is 0.408 e. The van der Waals surface area contributed by atoms with Gasteiger partial charge in [0.05, 0.1) is 11.1 Å². The van der Waals surface area contributed by atoms with Gasteiger partial charge < -0.3 is 14.8 Å². The Balaban J connectivity index is 2.30. The molecular weight excluding hydrogens is 394 g/mol. The number of nitrogens with zero attached hydrogens (tertiary/aromatic N) is 1. The number of carbonyl (C=O) groups excluding carboxylic acids is 1. The molecule has 0 unspecified atom stereocenters. The molecule has 2 aromatic rings. The fourth-order valence-electron chi connectivity index (χ4n) is 2.33. The molecule has 0 saturated carbocycles. The van der Waals surface area contributed by atoms with Gasteiger partial charge >= 0.3 is 6.09 Å². The number of pyridine rings is 1. The molecule has 0 aliphatic rings. The third kappa shape index (κ3) is 5.97. The second kappa shape index (κ2) is 8.76. The Kier molecular flexibility index (Phi) is 6.89. The third-order valence-electron chi connectivity index (χ3n) is 3.47. The highest BCUT2D eigenvalue weighted by Crippen LogP contribution is 2.36. The Morgan fingerprint density at radius 2 is 2.00 bits per heavy atom. The van der Waals surface area contributed by atoms with E-state index in [0.717, 1.165) is 0 Å². The molecule has 5 nitrogen and oxygen atoms in total. The maximum atomic E-state index is 15.1. The van der Waals surface area contributed by atoms with Crippen molar-refractivity contribution < 1.29 is 18.7 Å². The fourth-order valence-corrected chi connectivity index (χ4v) is 2.67. The van der Waals surface area contributed by atoms with Gasteiger partial charge in [-0.05, 0) is 39.3 Å². The topological polar surface area (TPSA) is 60.5 Å². The molecule has 146 valence electrons. The molecule has 1 heterocycles. The van der Waals surface area contributed by atoms with Crippen molar-refractivity contribution in [2.45, 2.75) is 45.8 Å². The predicted molar refractivity (Wildman–Crippen MR) is 103 cm³/mol. The zero-order valence-corrected chi connectivity index (χ0v) is 17.0. The van der Waals surface area contributed by atoms with Gasteiger partial charge in [0.1, 0.15) is 16.5 Å². The van der Waals surface area contributed by atoms with Crippen molar-refractivity contribution in [1.82, 2.24) is 10.3 Å². The first-order valence-corrected chi connectivity index (χ1v) is 9.13. The first kappa shape index (κ1) is 21.3. The number of hydrogen-bond acceptors (Lipinski definition) is 4. The van der Waals surface area contributed by atoms with E-state index in [4.69, 9.17) is 32.7 Å². The van der Waals surface area contributed by atoms with Gasteiger partial charge in [0.25, 0.3) is 0 Å². The summed E-state index contributed by atoms with van der Waals surface area (Å²) in [6.45, 7) is 7.08. The maximum Gasteiger partial charge on any atom is 0.408 e. The van der Waals surface area contributed by atoms with E-state index < -0.39 is 23.6 Å². The van der Waals surface area contributed by atoms with Gasteiger partial charge in [-0.15, -0.1) is 0 Å². The zero-order valence-electron chi connectivity index (χ0n) is 15.5. The third-order valence-corrected chi connectivity index (χ3v) is 3.98. The van der Waals surface area contributed by atoms with Crippen LogP contribution in [0.3, 0.4) is 0 Å². The SMILES string of the molecule is CC[C@@H](NC(=O)OC(C)(C)C)c1ccc(Cl)c(Oc2ccnc(Cl)c2)c1F. The second-order valence-corrected chi connectivity index (χ2v) is 7.60. The van der Waals surface area contributed by atoms with Gasteiger partial charge in [0, 0.05) is 17.8 Å². The minimum atomic E-state index is -0.668. The summed E-state index contributed by atoms with van der Waals surface area (Å²) in [5, 5.41) is 2.97. The van der Waals surface area contributed by atoms with Crippen LogP contribution < -0.4 is 10.1 Å². The molecule has 27 heavy (non-hydrogen) atoms. The highest BCUT2D eigenvalue weighted by molar-refractivity contribution is 6.32. The molecule has 1 atom stereocenters. The van der Waals surface area contributed by atoms with Crippen molar-refractivity contribution in [2.75, 3.05) is 0 Å². The lowest BCUT2D eigenvalue weighted by Gasteiger charge is -2.24. The molecule has 0 radical (unpaired) electrons. The van der Waals surface area contributed by atoms with Crippen molar-refractivity contribution in [2.24, 2.45) is 0 Å². The number of amides is 1. The minimum absolute atomic E-state index is 0.0938. The van der Waals surface area contributed by atoms with Crippen LogP contribution in [0.2, 0.25) is 10.2 Å². The van der Waals surface area contributed by atoms with Crippen LogP contribution in [0.4, 0.5) is 9.18 Å². The van der Waals surface area contributed by atoms with E-state index in [-0.39, 0.29) is 21.5 Å². The lowest BCUT2D eigenvalue weighted by atomic mass is 10.0. The molecule has 2 rings (SSSR count). The molecule has 1 N–H and O–H groups in total. The number of nitrogens with one attached hydrogen (secondary N) is 1. The molecule has 1 aromatic heterocycles. The largest absolute Gasteiger partial charge is 0.453 e. The van der Waals surface area contributed by atoms with Gasteiger partial charge in [-0.3, -0.25) is 0 Å². The van der Waals surface area contributed by atoms with Crippen LogP contribution in [0.5, 0.6) is 11.5 Å². The highest BCUT2D eigenvalue weighted by Gasteiger charge is 2.24. The van der Waals surface area contributed by atoms with E-state index in [0.29, 0.717) is 12.2 Å². The molecule has 0 aliphatic heterocycles. The number of rotatable bonds is 5. The summed E-state index contributed by atoms with van der Waals surface area (Å²) in [6, 6.07) is 5.39. The summed E-state index contributed by atoms with van der Waals surface area (Å²) in [5.74, 6) is -0.527. The van der Waals surface area contributed by atoms with Crippen molar-refractivity contribution in [3.63, 3.8) is 0 Å². The number of alkyl carbamates (subject to hydrolysis) is 1. The first-order valence-electron chi connectivity index (χ1n) is 8.37. The van der Waals surface area contributed by atoms with E-state index in [1.807, 2.05) is 6.92 Å². The maximum absolute atomic E-state index is 15.1. The normalized spacial score (nSPS) is 12.4. The van der Waals surface area contributed by atoms with E-state index in [1.54, 1.807) is 20.8 Å². The van der Waals surface area contributed by atoms with Crippen LogP contribution >= 0.6 is 23.2 Å². The Labute approximate surface area is 167 Å². The summed E-state index contributed by atoms with van der Waals surface area (Å²) in [5.41, 5.74) is -0.418. The van der Waals surface area contributed by atoms with Crippen LogP contribution in [0.1, 0.15) is 45.7 Å². The number of ether oxygens (including phenoxy) is 2. The standard InChI is InChI=1S/C19H21Cl2FN2O3/c1-5-14(24-18(25)27-19(2,3)4)12-6-7-13(20)17(16(12)22)26-11-8-9-23-15(21)10-11/h6-10,14H,5H2,1-4H3,(H,24,25)/t14-/m1/s1. The molecule has 1 aromatic carbocycles. The van der Waals surface area contributed by atoms with Crippen LogP contribution in [0.25, 0.3) is 0 Å². The molecule has 8 heteroatoms. The van der Waals surface area contributed by atoms with Gasteiger partial charge in [-0.25, -0.2) is 14.2 Å². The Bertz CT molecular complexity index is 825. The highest BCUT2D eigenvalue weighted by atomic mass is 35.5. The Morgan fingerprint density at radius 3 is 2.59 bits per heavy atom. The number of carbonyl (C=O) groups is 1. The van der Waals surface area contributed by atoms with Gasteiger partial charge in [-0.2, -0.15) is 0 Å². The lowest BCUT2D eigenvalue weighted by molar-refractivity contribution is 0.0501. The summed E-state index contributed by atoms with van der Waals surface area (Å²) in [7, 11) is 0. The summed E-state index contributed by atoms with van der Waals surface area (Å²) < 4.78 is 25.9. The predicted octanol–water partition coefficient (Wildman–Crippen LogP) is 6.30. The fraction of sp³-hybridized carbons (Fsp3) is 0.368. The first-order chi connectivity index (χ1) is 12.6. The van der Waals surface area contributed by atoms with E-state index in [1.165, 1.54) is 30.5 Å². The Hall–Kier alpha value is -2.05. The minimum Gasteiger partial charge on any atom is -0.453 e. The number of hydrogen-bond donors (Lipinski definition) is 1. The summed E-state index contributed by atoms with van der Waals surface area (Å²) >= 11 is 11.9. The zero-order chi connectivity index (χ0) is 20.2. The van der Waals surface area contributed by atoms with Crippen molar-refractivity contribution >= 4 is 29.3 Å². The quantitative estimate of drug-likeness (QED) is 0.583. The van der Waals surface area contributed by atoms with Crippen molar-refractivity contribution in [1.29, 1.82) is 0 Å². The average molecular weight is 415 g/mol. The molecule has 0 aliphatic carbocycles. The van der Waals surface area contributed by atoms with Crippen LogP contribution in [-0.4, -0.2) is 16.7 Å². The van der Waals surface area contributed by atoms with Crippen LogP contribution in [0, 0.1) is 5.82 Å². The van der Waals surface area contributed by atoms with Gasteiger partial charge in [0.2, 0.25) is 0 Å². The molecule has 0 saturated heterocycles. The van der Waals surface area contributed by atoms with Crippen LogP contribution in [0.15, 0.2) is 30.5 Å². The van der Waals surface area contributed by atoms with Crippen molar-refractivity contribution in [3.8, 4) is 11.5 Å². The summed E-state index contributed by atoms with van der Waals surface area (Å²) in [4.78, 5) is 15.9. The monoisotopic (exact) mass is 414 g/mol. The molecule has 0 spiro atoms. The number of halogens is 3. The summed E-state index contributed by atoms with van der Waals surface area (Å²) in [6.07, 6.45) is 1.25. The van der Waals surface area contributed by atoms with Gasteiger partial charge in [-0.1, -0.05) is 36.2 Å². The van der Waals surface area contributed by atoms with Crippen molar-refractivity contribution in [3.05, 3.63) is 52.0 Å². The number of aromatic nitrogens is 1. The van der Waals surface area contributed by atoms with E-state index in [9.17, 15) is 4.79 Å². The average Bonchev–Trinajstić information content (AvgIpc) is 2.55. The Morgan fingerprint density at radius 1 is 1.30 bits per heavy atom. The molecule has 1 amide bonds. The lowest BCUT2D eigenvalue weighted by Crippen LogP contribution is -2.35. The second-order valence-electron chi connectivity index (χ2n) is 6.80. The van der Waals surface area contributed by atoms with E-state index in [2.05, 4.69) is 10.3 Å². The van der Waals surface area contributed by atoms with Gasteiger partial charge in [0.15, 0.2) is 11.6 Å². The van der Waals surface area contributed by atoms with E-state index >= 15 is 4.39 Å². The molecular formula is C19H21Cl2FN2O3.